The number of nitrogens with zero attached hydrogens (tertiary/aromatic N) is 3. The molecule has 0 aliphatic rings. The quantitative estimate of drug-likeness (QED) is 0.715. The van der Waals surface area contributed by atoms with Crippen molar-refractivity contribution in [2.75, 3.05) is 6.54 Å². The molecule has 1 amide bonds. The number of aromatic nitrogens is 3. The Morgan fingerprint density at radius 1 is 1.44 bits per heavy atom. The van der Waals surface area contributed by atoms with Crippen molar-refractivity contribution in [3.05, 3.63) is 12.2 Å². The summed E-state index contributed by atoms with van der Waals surface area (Å²) in [6.45, 7) is 8.11. The number of carbonyl (C=O) groups is 1. The Balaban J connectivity index is 2.39. The summed E-state index contributed by atoms with van der Waals surface area (Å²) in [5.74, 6) is 0.894. The van der Waals surface area contributed by atoms with Gasteiger partial charge in [0.1, 0.15) is 12.2 Å². The second-order valence-electron chi connectivity index (χ2n) is 4.29. The summed E-state index contributed by atoms with van der Waals surface area (Å²) < 4.78 is 1.86. The summed E-state index contributed by atoms with van der Waals surface area (Å²) in [5, 5.41) is 10.2. The van der Waals surface area contributed by atoms with Crippen molar-refractivity contribution in [2.24, 2.45) is 0 Å². The van der Waals surface area contributed by atoms with E-state index in [0.717, 1.165) is 31.8 Å². The predicted octanol–water partition coefficient (Wildman–Crippen LogP) is 0.692. The van der Waals surface area contributed by atoms with Crippen molar-refractivity contribution < 1.29 is 4.79 Å². The Hall–Kier alpha value is -1.43. The molecule has 0 saturated carbocycles. The Bertz CT molecular complexity index is 363. The van der Waals surface area contributed by atoms with Crippen molar-refractivity contribution >= 4 is 5.91 Å². The van der Waals surface area contributed by atoms with Gasteiger partial charge in [-0.15, -0.1) is 0 Å². The van der Waals surface area contributed by atoms with Gasteiger partial charge in [-0.2, -0.15) is 5.10 Å². The minimum absolute atomic E-state index is 0.0263. The smallest absolute Gasteiger partial charge is 0.236 e. The molecule has 1 unspecified atom stereocenters. The summed E-state index contributed by atoms with van der Waals surface area (Å²) in [5.41, 5.74) is 0. The molecule has 1 rings (SSSR count). The third kappa shape index (κ3) is 4.44. The van der Waals surface area contributed by atoms with Crippen molar-refractivity contribution in [3.63, 3.8) is 0 Å². The van der Waals surface area contributed by atoms with E-state index in [1.807, 2.05) is 18.5 Å². The van der Waals surface area contributed by atoms with Gasteiger partial charge >= 0.3 is 0 Å². The third-order valence-corrected chi connectivity index (χ3v) is 2.64. The second kappa shape index (κ2) is 7.81. The zero-order valence-electron chi connectivity index (χ0n) is 11.4. The number of nitrogens with one attached hydrogen (secondary N) is 2. The highest BCUT2D eigenvalue weighted by Crippen LogP contribution is 1.96. The van der Waals surface area contributed by atoms with E-state index in [1.165, 1.54) is 0 Å². The van der Waals surface area contributed by atoms with E-state index in [1.54, 1.807) is 6.33 Å². The molecule has 1 heterocycles. The van der Waals surface area contributed by atoms with Crippen molar-refractivity contribution in [2.45, 2.75) is 52.7 Å². The summed E-state index contributed by atoms with van der Waals surface area (Å²) in [6, 6.07) is -0.219. The highest BCUT2D eigenvalue weighted by atomic mass is 16.2. The van der Waals surface area contributed by atoms with Gasteiger partial charge in [-0.05, 0) is 19.8 Å². The highest BCUT2D eigenvalue weighted by Gasteiger charge is 2.12. The first-order valence-electron chi connectivity index (χ1n) is 6.56. The normalized spacial score (nSPS) is 12.4. The molecule has 1 aromatic rings. The molecule has 1 atom stereocenters. The van der Waals surface area contributed by atoms with Crippen LogP contribution in [0.4, 0.5) is 0 Å². The van der Waals surface area contributed by atoms with E-state index >= 15 is 0 Å². The fraction of sp³-hybridized carbons (Fsp3) is 0.750. The molecule has 0 bridgehead atoms. The van der Waals surface area contributed by atoms with E-state index in [4.69, 9.17) is 0 Å². The molecule has 0 aromatic carbocycles. The first kappa shape index (κ1) is 14.6. The topological polar surface area (TPSA) is 71.8 Å². The first-order valence-corrected chi connectivity index (χ1v) is 6.56. The standard InChI is InChI=1S/C12H23N5O/c1-4-6-13-12(18)10(3)14-8-11-15-9-16-17(11)7-5-2/h9-10,14H,4-8H2,1-3H3,(H,13,18). The van der Waals surface area contributed by atoms with Crippen LogP contribution in [0.5, 0.6) is 0 Å². The minimum Gasteiger partial charge on any atom is -0.355 e. The maximum Gasteiger partial charge on any atom is 0.236 e. The molecule has 18 heavy (non-hydrogen) atoms. The summed E-state index contributed by atoms with van der Waals surface area (Å²) >= 11 is 0. The van der Waals surface area contributed by atoms with Crippen LogP contribution in [0.3, 0.4) is 0 Å². The van der Waals surface area contributed by atoms with Crippen LogP contribution in [-0.4, -0.2) is 33.3 Å². The van der Waals surface area contributed by atoms with Gasteiger partial charge in [-0.1, -0.05) is 13.8 Å². The monoisotopic (exact) mass is 253 g/mol. The number of rotatable bonds is 8. The van der Waals surface area contributed by atoms with Crippen LogP contribution >= 0.6 is 0 Å². The van der Waals surface area contributed by atoms with E-state index in [0.29, 0.717) is 6.54 Å². The van der Waals surface area contributed by atoms with E-state index in [2.05, 4.69) is 27.6 Å². The first-order chi connectivity index (χ1) is 8.69. The number of aryl methyl sites for hydroxylation is 1. The van der Waals surface area contributed by atoms with Gasteiger partial charge in [0, 0.05) is 13.1 Å². The Morgan fingerprint density at radius 3 is 2.89 bits per heavy atom. The van der Waals surface area contributed by atoms with Gasteiger partial charge in [0.15, 0.2) is 0 Å². The van der Waals surface area contributed by atoms with E-state index < -0.39 is 0 Å². The van der Waals surface area contributed by atoms with Gasteiger partial charge in [0.2, 0.25) is 5.91 Å². The molecule has 0 spiro atoms. The summed E-state index contributed by atoms with van der Waals surface area (Å²) in [7, 11) is 0. The molecule has 0 fully saturated rings. The number of amides is 1. The Morgan fingerprint density at radius 2 is 2.22 bits per heavy atom. The van der Waals surface area contributed by atoms with Gasteiger partial charge in [0.25, 0.3) is 0 Å². The minimum atomic E-state index is -0.219. The lowest BCUT2D eigenvalue weighted by Crippen LogP contribution is -2.42. The molecule has 2 N–H and O–H groups in total. The summed E-state index contributed by atoms with van der Waals surface area (Å²) in [4.78, 5) is 15.8. The van der Waals surface area contributed by atoms with Crippen LogP contribution in [0.2, 0.25) is 0 Å². The molecule has 6 heteroatoms. The van der Waals surface area contributed by atoms with Crippen LogP contribution in [0.1, 0.15) is 39.4 Å². The highest BCUT2D eigenvalue weighted by molar-refractivity contribution is 5.81. The maximum absolute atomic E-state index is 11.7. The summed E-state index contributed by atoms with van der Waals surface area (Å²) in [6.07, 6.45) is 3.51. The molecule has 1 aromatic heterocycles. The number of carbonyl (C=O) groups excluding carboxylic acids is 1. The predicted molar refractivity (Wildman–Crippen MR) is 69.9 cm³/mol. The van der Waals surface area contributed by atoms with Gasteiger partial charge in [-0.25, -0.2) is 9.67 Å². The largest absolute Gasteiger partial charge is 0.355 e. The van der Waals surface area contributed by atoms with Crippen LogP contribution in [0.15, 0.2) is 6.33 Å². The zero-order chi connectivity index (χ0) is 13.4. The van der Waals surface area contributed by atoms with Crippen LogP contribution in [0, 0.1) is 0 Å². The second-order valence-corrected chi connectivity index (χ2v) is 4.29. The van der Waals surface area contributed by atoms with Gasteiger partial charge in [-0.3, -0.25) is 10.1 Å². The fourth-order valence-corrected chi connectivity index (χ4v) is 1.56. The van der Waals surface area contributed by atoms with Crippen LogP contribution in [0.25, 0.3) is 0 Å². The van der Waals surface area contributed by atoms with Gasteiger partial charge < -0.3 is 5.32 Å². The lowest BCUT2D eigenvalue weighted by molar-refractivity contribution is -0.122. The average Bonchev–Trinajstić information content (AvgIpc) is 2.81. The average molecular weight is 253 g/mol. The van der Waals surface area contributed by atoms with Crippen molar-refractivity contribution in [3.8, 4) is 0 Å². The van der Waals surface area contributed by atoms with Crippen LogP contribution in [-0.2, 0) is 17.9 Å². The van der Waals surface area contributed by atoms with E-state index in [9.17, 15) is 4.79 Å². The zero-order valence-corrected chi connectivity index (χ0v) is 11.4. The van der Waals surface area contributed by atoms with Crippen molar-refractivity contribution in [1.29, 1.82) is 0 Å². The maximum atomic E-state index is 11.7. The lowest BCUT2D eigenvalue weighted by atomic mass is 10.3. The number of hydrogen-bond donors (Lipinski definition) is 2. The van der Waals surface area contributed by atoms with Gasteiger partial charge in [0.05, 0.1) is 12.6 Å². The molecule has 0 saturated heterocycles. The third-order valence-electron chi connectivity index (χ3n) is 2.64. The molecule has 0 aliphatic heterocycles. The SMILES string of the molecule is CCCNC(=O)C(C)NCc1ncnn1CCC. The van der Waals surface area contributed by atoms with E-state index in [-0.39, 0.29) is 11.9 Å². The Kier molecular flexibility index (Phi) is 6.35. The molecular weight excluding hydrogens is 230 g/mol. The Labute approximate surface area is 108 Å². The number of hydrogen-bond acceptors (Lipinski definition) is 4. The molecule has 6 nitrogen and oxygen atoms in total. The molecule has 0 aliphatic carbocycles. The van der Waals surface area contributed by atoms with Crippen LogP contribution < -0.4 is 10.6 Å². The van der Waals surface area contributed by atoms with Crippen molar-refractivity contribution in [1.82, 2.24) is 25.4 Å². The molecule has 0 radical (unpaired) electrons. The molecule has 102 valence electrons. The molecular formula is C12H23N5O. The lowest BCUT2D eigenvalue weighted by Gasteiger charge is -2.13. The fourth-order valence-electron chi connectivity index (χ4n) is 1.56.